The Morgan fingerprint density at radius 1 is 1.00 bits per heavy atom. The molecule has 2 aromatic carbocycles. The minimum Gasteiger partial charge on any atom is -0.491 e. The number of anilines is 1. The summed E-state index contributed by atoms with van der Waals surface area (Å²) in [6, 6.07) is 14.6. The van der Waals surface area contributed by atoms with Crippen molar-refractivity contribution < 1.29 is 29.0 Å². The molecule has 7 nitrogen and oxygen atoms in total. The summed E-state index contributed by atoms with van der Waals surface area (Å²) < 4.78 is 6.85. The van der Waals surface area contributed by atoms with Gasteiger partial charge >= 0.3 is 0 Å². The molecule has 3 aliphatic carbocycles. The molecule has 2 amide bonds. The number of ketones is 2. The summed E-state index contributed by atoms with van der Waals surface area (Å²) in [6.07, 6.45) is 3.97. The lowest BCUT2D eigenvalue weighted by molar-refractivity contribution is -0.123. The topological polar surface area (TPSA) is 101 Å². The first-order valence-corrected chi connectivity index (χ1v) is 14.1. The van der Waals surface area contributed by atoms with Crippen LogP contribution in [0.1, 0.15) is 31.2 Å². The zero-order valence-corrected chi connectivity index (χ0v) is 23.4. The van der Waals surface area contributed by atoms with Gasteiger partial charge in [0.1, 0.15) is 12.4 Å². The predicted molar refractivity (Wildman–Crippen MR) is 152 cm³/mol. The highest BCUT2D eigenvalue weighted by atomic mass is 127. The Bertz CT molecular complexity index is 1520. The van der Waals surface area contributed by atoms with E-state index in [2.05, 4.69) is 22.6 Å². The number of carbonyl (C=O) groups excluding carboxylic acids is 4. The Morgan fingerprint density at radius 3 is 2.49 bits per heavy atom. The van der Waals surface area contributed by atoms with E-state index >= 15 is 0 Å². The molecule has 4 atom stereocenters. The van der Waals surface area contributed by atoms with Gasteiger partial charge in [-0.05, 0) is 84.7 Å². The number of Topliss-reactive ketones (excluding diaryl/α,β-unsaturated/α-hetero) is 1. The molecule has 198 valence electrons. The van der Waals surface area contributed by atoms with E-state index in [-0.39, 0.29) is 43.0 Å². The molecule has 39 heavy (non-hydrogen) atoms. The van der Waals surface area contributed by atoms with Gasteiger partial charge in [0.15, 0.2) is 11.6 Å². The van der Waals surface area contributed by atoms with E-state index in [9.17, 15) is 24.3 Å². The van der Waals surface area contributed by atoms with Gasteiger partial charge in [0.2, 0.25) is 11.8 Å². The highest BCUT2D eigenvalue weighted by molar-refractivity contribution is 14.1. The lowest BCUT2D eigenvalue weighted by atomic mass is 9.59. The van der Waals surface area contributed by atoms with Crippen LogP contribution in [0.2, 0.25) is 0 Å². The van der Waals surface area contributed by atoms with Crippen molar-refractivity contribution in [2.75, 3.05) is 18.1 Å². The molecule has 0 bridgehead atoms. The van der Waals surface area contributed by atoms with Crippen LogP contribution in [0.5, 0.6) is 5.75 Å². The molecule has 1 saturated heterocycles. The number of benzene rings is 2. The number of ether oxygens (including phenoxy) is 1. The van der Waals surface area contributed by atoms with Crippen LogP contribution in [0.3, 0.4) is 0 Å². The molecular formula is C31H26INO6. The third kappa shape index (κ3) is 4.12. The lowest BCUT2D eigenvalue weighted by Gasteiger charge is -2.42. The van der Waals surface area contributed by atoms with Crippen LogP contribution in [0.15, 0.2) is 83.0 Å². The van der Waals surface area contributed by atoms with Crippen molar-refractivity contribution in [2.45, 2.75) is 25.7 Å². The van der Waals surface area contributed by atoms with Gasteiger partial charge in [-0.25, -0.2) is 0 Å². The largest absolute Gasteiger partial charge is 0.491 e. The van der Waals surface area contributed by atoms with E-state index in [1.54, 1.807) is 25.1 Å². The molecule has 0 saturated carbocycles. The predicted octanol–water partition coefficient (Wildman–Crippen LogP) is 4.30. The number of allylic oxidation sites excluding steroid dienone is 6. The Kier molecular flexibility index (Phi) is 6.63. The maximum atomic E-state index is 13.9. The molecule has 6 rings (SSSR count). The van der Waals surface area contributed by atoms with Gasteiger partial charge in [-0.1, -0.05) is 29.8 Å². The molecule has 0 spiro atoms. The molecule has 4 aliphatic rings. The van der Waals surface area contributed by atoms with E-state index in [0.29, 0.717) is 40.1 Å². The highest BCUT2D eigenvalue weighted by Crippen LogP contribution is 2.56. The molecular weight excluding hydrogens is 609 g/mol. The van der Waals surface area contributed by atoms with Crippen LogP contribution in [0.4, 0.5) is 5.69 Å². The summed E-state index contributed by atoms with van der Waals surface area (Å²) >= 11 is 2.18. The number of aliphatic hydroxyl groups is 1. The summed E-state index contributed by atoms with van der Waals surface area (Å²) in [5.74, 6) is -2.57. The number of halogens is 1. The van der Waals surface area contributed by atoms with Gasteiger partial charge < -0.3 is 9.84 Å². The van der Waals surface area contributed by atoms with Crippen molar-refractivity contribution in [3.63, 3.8) is 0 Å². The Balaban J connectivity index is 1.48. The molecule has 0 aromatic heterocycles. The van der Waals surface area contributed by atoms with Crippen molar-refractivity contribution in [2.24, 2.45) is 17.8 Å². The first kappa shape index (κ1) is 25.9. The van der Waals surface area contributed by atoms with E-state index in [1.165, 1.54) is 11.0 Å². The minimum absolute atomic E-state index is 0.0760. The fraction of sp³-hybridized carbons (Fsp3) is 0.290. The third-order valence-corrected chi connectivity index (χ3v) is 8.95. The average Bonchev–Trinajstić information content (AvgIpc) is 3.20. The van der Waals surface area contributed by atoms with E-state index in [4.69, 9.17) is 4.74 Å². The van der Waals surface area contributed by atoms with Gasteiger partial charge in [0.25, 0.3) is 0 Å². The molecule has 0 radical (unpaired) electrons. The van der Waals surface area contributed by atoms with E-state index in [0.717, 1.165) is 9.14 Å². The second kappa shape index (κ2) is 9.98. The number of nitrogens with zero attached hydrogens (tertiary/aromatic N) is 1. The Hall–Kier alpha value is -3.37. The second-order valence-corrected chi connectivity index (χ2v) is 11.6. The van der Waals surface area contributed by atoms with Gasteiger partial charge in [-0.3, -0.25) is 24.1 Å². The van der Waals surface area contributed by atoms with Crippen LogP contribution in [0, 0.1) is 21.3 Å². The number of rotatable bonds is 5. The number of fused-ring (bicyclic) bond motifs is 3. The second-order valence-electron chi connectivity index (χ2n) is 10.3. The third-order valence-electron chi connectivity index (χ3n) is 8.23. The minimum atomic E-state index is -0.631. The van der Waals surface area contributed by atoms with Crippen LogP contribution in [-0.4, -0.2) is 41.7 Å². The van der Waals surface area contributed by atoms with Gasteiger partial charge in [0.05, 0.1) is 24.1 Å². The average molecular weight is 635 g/mol. The zero-order chi connectivity index (χ0) is 27.4. The maximum absolute atomic E-state index is 13.9. The van der Waals surface area contributed by atoms with Crippen molar-refractivity contribution in [1.82, 2.24) is 0 Å². The standard InChI is InChI=1S/C31H26INO6/c1-16-14-24(35)23-15-22-19(26(28(23)29(16)36)20-4-2-3-5-25(20)39-13-12-34)10-11-21-27(22)31(38)33(30(21)37)18-8-6-17(32)7-9-18/h2-10,14,21-22,26-27,34H,11-13,15H2,1H3/t21-,22+,26+,27-/m0/s1. The van der Waals surface area contributed by atoms with E-state index in [1.807, 2.05) is 36.4 Å². The number of para-hydroxylation sites is 1. The fourth-order valence-electron chi connectivity index (χ4n) is 6.57. The number of aliphatic hydroxyl groups excluding tert-OH is 1. The van der Waals surface area contributed by atoms with Crippen LogP contribution in [-0.2, 0) is 19.2 Å². The highest BCUT2D eigenvalue weighted by Gasteiger charge is 2.56. The number of hydrogen-bond acceptors (Lipinski definition) is 6. The van der Waals surface area contributed by atoms with Crippen LogP contribution >= 0.6 is 22.6 Å². The lowest BCUT2D eigenvalue weighted by Crippen LogP contribution is -2.40. The molecule has 0 unspecified atom stereocenters. The van der Waals surface area contributed by atoms with Crippen molar-refractivity contribution in [1.29, 1.82) is 0 Å². The molecule has 1 aliphatic heterocycles. The SMILES string of the molecule is CC1=CC(=O)C2=C(C1=O)[C@@H](c1ccccc1OCCO)C1=CC[C@@H]3C(=O)N(c4ccc(I)cc4)C(=O)[C@@H]3[C@@H]1C2. The summed E-state index contributed by atoms with van der Waals surface area (Å²) in [6.45, 7) is 1.55. The monoisotopic (exact) mass is 635 g/mol. The van der Waals surface area contributed by atoms with Crippen molar-refractivity contribution in [3.8, 4) is 5.75 Å². The fourth-order valence-corrected chi connectivity index (χ4v) is 6.93. The number of carbonyl (C=O) groups is 4. The summed E-state index contributed by atoms with van der Waals surface area (Å²) in [5.41, 5.74) is 3.32. The summed E-state index contributed by atoms with van der Waals surface area (Å²) in [7, 11) is 0. The first-order chi connectivity index (χ1) is 18.8. The summed E-state index contributed by atoms with van der Waals surface area (Å²) in [5, 5.41) is 9.38. The summed E-state index contributed by atoms with van der Waals surface area (Å²) in [4.78, 5) is 55.7. The molecule has 1 heterocycles. The number of imide groups is 1. The quantitative estimate of drug-likeness (QED) is 0.228. The molecule has 8 heteroatoms. The maximum Gasteiger partial charge on any atom is 0.238 e. The molecule has 1 N–H and O–H groups in total. The van der Waals surface area contributed by atoms with Crippen LogP contribution in [0.25, 0.3) is 0 Å². The van der Waals surface area contributed by atoms with Gasteiger partial charge in [-0.15, -0.1) is 0 Å². The van der Waals surface area contributed by atoms with E-state index < -0.39 is 23.7 Å². The van der Waals surface area contributed by atoms with Crippen LogP contribution < -0.4 is 9.64 Å². The zero-order valence-electron chi connectivity index (χ0n) is 21.2. The first-order valence-electron chi connectivity index (χ1n) is 13.0. The number of amides is 2. The smallest absolute Gasteiger partial charge is 0.238 e. The van der Waals surface area contributed by atoms with Gasteiger partial charge in [-0.2, -0.15) is 0 Å². The Morgan fingerprint density at radius 2 is 1.74 bits per heavy atom. The normalized spacial score (nSPS) is 26.2. The Labute approximate surface area is 239 Å². The molecule has 1 fully saturated rings. The molecule has 2 aromatic rings. The number of hydrogen-bond donors (Lipinski definition) is 1. The van der Waals surface area contributed by atoms with Crippen molar-refractivity contribution in [3.05, 3.63) is 92.1 Å². The van der Waals surface area contributed by atoms with Crippen molar-refractivity contribution >= 4 is 51.7 Å². The van der Waals surface area contributed by atoms with Gasteiger partial charge in [0, 0.05) is 31.8 Å².